The van der Waals surface area contributed by atoms with Gasteiger partial charge in [-0.05, 0) is 0 Å². The van der Waals surface area contributed by atoms with Crippen LogP contribution >= 0.6 is 0 Å². The molecule has 0 bridgehead atoms. The maximum absolute atomic E-state index is 3.84. The third-order valence-corrected chi connectivity index (χ3v) is 1.22. The first-order valence-corrected chi connectivity index (χ1v) is 2.22. The molecule has 0 aromatic carbocycles. The topological polar surface area (TPSA) is 0 Å². The van der Waals surface area contributed by atoms with Crippen LogP contribution in [0.5, 0.6) is 0 Å². The predicted octanol–water partition coefficient (Wildman–Crippen LogP) is 1.62. The van der Waals surface area contributed by atoms with Crippen molar-refractivity contribution in [2.24, 2.45) is 5.92 Å². The van der Waals surface area contributed by atoms with Gasteiger partial charge < -0.3 is 6.92 Å². The predicted molar refractivity (Wildman–Crippen MR) is 22.7 cm³/mol. The van der Waals surface area contributed by atoms with E-state index in [1.165, 1.54) is 19.3 Å². The van der Waals surface area contributed by atoms with E-state index in [0.29, 0.717) is 0 Å². The molecule has 6 heavy (non-hydrogen) atoms. The molecule has 1 rings (SSSR count). The summed E-state index contributed by atoms with van der Waals surface area (Å²) in [5.41, 5.74) is 0. The molecule has 0 aromatic rings. The maximum Gasteiger partial charge on any atom is 1.00 e. The zero-order valence-corrected chi connectivity index (χ0v) is 5.50. The van der Waals surface area contributed by atoms with Crippen molar-refractivity contribution >= 4 is 0 Å². The van der Waals surface area contributed by atoms with Crippen molar-refractivity contribution in [3.8, 4) is 0 Å². The number of rotatable bonds is 0. The first-order chi connectivity index (χ1) is 2.39. The molecular weight excluding hydrogens is 161 g/mol. The second-order valence-electron chi connectivity index (χ2n) is 1.80. The molecule has 0 unspecified atom stereocenters. The van der Waals surface area contributed by atoms with E-state index in [4.69, 9.17) is 0 Å². The summed E-state index contributed by atoms with van der Waals surface area (Å²) in [5, 5.41) is 0. The maximum atomic E-state index is 3.84. The van der Waals surface area contributed by atoms with E-state index in [-0.39, 0.29) is 19.5 Å². The summed E-state index contributed by atoms with van der Waals surface area (Å²) in [6.07, 6.45) is 4.17. The summed E-state index contributed by atoms with van der Waals surface area (Å²) in [7, 11) is 0. The van der Waals surface area contributed by atoms with Crippen molar-refractivity contribution in [1.82, 2.24) is 0 Å². The van der Waals surface area contributed by atoms with Gasteiger partial charge >= 0.3 is 19.5 Å². The Labute approximate surface area is 52.1 Å². The fourth-order valence-corrected chi connectivity index (χ4v) is 0.493. The molecule has 0 atom stereocenters. The van der Waals surface area contributed by atoms with Gasteiger partial charge in [-0.25, -0.2) is 0 Å². The molecule has 1 saturated carbocycles. The van der Waals surface area contributed by atoms with Crippen molar-refractivity contribution in [3.05, 3.63) is 6.92 Å². The van der Waals surface area contributed by atoms with Crippen LogP contribution in [0.15, 0.2) is 0 Å². The van der Waals surface area contributed by atoms with Crippen molar-refractivity contribution in [2.75, 3.05) is 0 Å². The Morgan fingerprint density at radius 1 is 1.33 bits per heavy atom. The van der Waals surface area contributed by atoms with Crippen LogP contribution in [0.3, 0.4) is 0 Å². The van der Waals surface area contributed by atoms with E-state index in [1.54, 1.807) is 0 Å². The van der Waals surface area contributed by atoms with Crippen molar-refractivity contribution in [3.63, 3.8) is 0 Å². The molecule has 0 aromatic heterocycles. The Hall–Kier alpha value is 0.623. The monoisotopic (exact) mass is 171 g/mol. The van der Waals surface area contributed by atoms with E-state index in [2.05, 4.69) is 6.92 Å². The van der Waals surface area contributed by atoms with Crippen LogP contribution in [-0.2, 0) is 19.5 Å². The smallest absolute Gasteiger partial charge is 0.340 e. The summed E-state index contributed by atoms with van der Waals surface area (Å²) in [5.74, 6) is 0.815. The minimum Gasteiger partial charge on any atom is -0.340 e. The standard InChI is InChI=1S/C5H9.Ru/c1-5-3-2-4-5;/h5H,1-4H2;/q-1;+1. The average molecular weight is 170 g/mol. The SMILES string of the molecule is [CH2-]C1CCC1.[Ru+]. The zero-order chi connectivity index (χ0) is 3.70. The zero-order valence-electron chi connectivity index (χ0n) is 3.76. The molecule has 0 amide bonds. The fraction of sp³-hybridized carbons (Fsp3) is 0.800. The fourth-order valence-electron chi connectivity index (χ4n) is 0.493. The summed E-state index contributed by atoms with van der Waals surface area (Å²) >= 11 is 0. The molecule has 0 spiro atoms. The van der Waals surface area contributed by atoms with Crippen molar-refractivity contribution in [2.45, 2.75) is 19.3 Å². The van der Waals surface area contributed by atoms with Crippen LogP contribution in [0.25, 0.3) is 0 Å². The number of hydrogen-bond acceptors (Lipinski definition) is 0. The first-order valence-electron chi connectivity index (χ1n) is 2.22. The molecule has 1 radical (unpaired) electrons. The van der Waals surface area contributed by atoms with Crippen LogP contribution in [0.1, 0.15) is 19.3 Å². The molecular formula is C5H9Ru. The van der Waals surface area contributed by atoms with Crippen LogP contribution in [0.4, 0.5) is 0 Å². The normalized spacial score (nSPS) is 21.5. The average Bonchev–Trinajstić information content (AvgIpc) is 1.30. The van der Waals surface area contributed by atoms with Gasteiger partial charge in [0.2, 0.25) is 0 Å². The van der Waals surface area contributed by atoms with Crippen LogP contribution in [0, 0.1) is 12.8 Å². The summed E-state index contributed by atoms with van der Waals surface area (Å²) in [6.45, 7) is 3.84. The Bertz CT molecular complexity index is 30.9. The molecule has 1 aliphatic carbocycles. The third-order valence-electron chi connectivity index (χ3n) is 1.22. The summed E-state index contributed by atoms with van der Waals surface area (Å²) < 4.78 is 0. The molecule has 0 aliphatic heterocycles. The Kier molecular flexibility index (Phi) is 3.02. The molecule has 1 heteroatoms. The second kappa shape index (κ2) is 2.74. The molecule has 0 nitrogen and oxygen atoms in total. The molecule has 37 valence electrons. The van der Waals surface area contributed by atoms with Crippen molar-refractivity contribution in [1.29, 1.82) is 0 Å². The quantitative estimate of drug-likeness (QED) is 0.383. The van der Waals surface area contributed by atoms with Crippen molar-refractivity contribution < 1.29 is 19.5 Å². The molecule has 1 fully saturated rings. The number of hydrogen-bond donors (Lipinski definition) is 0. The summed E-state index contributed by atoms with van der Waals surface area (Å²) in [6, 6.07) is 0. The van der Waals surface area contributed by atoms with Gasteiger partial charge in [-0.2, -0.15) is 5.92 Å². The summed E-state index contributed by atoms with van der Waals surface area (Å²) in [4.78, 5) is 0. The van der Waals surface area contributed by atoms with Crippen LogP contribution in [-0.4, -0.2) is 0 Å². The molecule has 1 aliphatic rings. The third kappa shape index (κ3) is 1.38. The van der Waals surface area contributed by atoms with Gasteiger partial charge in [-0.15, -0.1) is 0 Å². The van der Waals surface area contributed by atoms with E-state index in [1.807, 2.05) is 0 Å². The second-order valence-corrected chi connectivity index (χ2v) is 1.80. The first kappa shape index (κ1) is 6.62. The minimum absolute atomic E-state index is 0. The molecule has 0 heterocycles. The van der Waals surface area contributed by atoms with Gasteiger partial charge in [0.1, 0.15) is 0 Å². The van der Waals surface area contributed by atoms with E-state index in [0.717, 1.165) is 5.92 Å². The Morgan fingerprint density at radius 3 is 1.67 bits per heavy atom. The van der Waals surface area contributed by atoms with Gasteiger partial charge in [0, 0.05) is 0 Å². The van der Waals surface area contributed by atoms with Gasteiger partial charge in [0.25, 0.3) is 0 Å². The Balaban J connectivity index is 0.000000250. The van der Waals surface area contributed by atoms with Gasteiger partial charge in [0.05, 0.1) is 0 Å². The van der Waals surface area contributed by atoms with E-state index < -0.39 is 0 Å². The molecule has 0 saturated heterocycles. The van der Waals surface area contributed by atoms with E-state index >= 15 is 0 Å². The minimum atomic E-state index is 0. The van der Waals surface area contributed by atoms with Gasteiger partial charge in [-0.1, -0.05) is 19.3 Å². The van der Waals surface area contributed by atoms with Crippen LogP contribution < -0.4 is 0 Å². The van der Waals surface area contributed by atoms with Crippen LogP contribution in [0.2, 0.25) is 0 Å². The van der Waals surface area contributed by atoms with Gasteiger partial charge in [-0.3, -0.25) is 0 Å². The molecule has 0 N–H and O–H groups in total. The van der Waals surface area contributed by atoms with E-state index in [9.17, 15) is 0 Å². The Morgan fingerprint density at radius 2 is 1.67 bits per heavy atom. The van der Waals surface area contributed by atoms with Gasteiger partial charge in [0.15, 0.2) is 0 Å². The largest absolute Gasteiger partial charge is 1.00 e.